The molecule has 90 valence electrons. The molecule has 0 bridgehead atoms. The van der Waals surface area contributed by atoms with E-state index in [0.29, 0.717) is 6.54 Å². The first-order valence-electron chi connectivity index (χ1n) is 4.69. The molecule has 0 saturated heterocycles. The van der Waals surface area contributed by atoms with Crippen molar-refractivity contribution in [2.75, 3.05) is 32.6 Å². The van der Waals surface area contributed by atoms with E-state index in [4.69, 9.17) is 22.7 Å². The topological polar surface area (TPSA) is 72.6 Å². The Morgan fingerprint density at radius 1 is 1.53 bits per heavy atom. The summed E-state index contributed by atoms with van der Waals surface area (Å²) in [7, 11) is -1.84. The van der Waals surface area contributed by atoms with E-state index < -0.39 is 10.0 Å². The number of hydrogen-bond donors (Lipinski definition) is 1. The van der Waals surface area contributed by atoms with Crippen LogP contribution in [0, 0.1) is 0 Å². The SMILES string of the molecule is CCCN(CC(N)=S)S(=O)(=O)CCOC. The van der Waals surface area contributed by atoms with Crippen LogP contribution >= 0.6 is 12.2 Å². The van der Waals surface area contributed by atoms with Gasteiger partial charge in [-0.25, -0.2) is 8.42 Å². The highest BCUT2D eigenvalue weighted by Gasteiger charge is 2.21. The third kappa shape index (κ3) is 6.03. The third-order valence-corrected chi connectivity index (χ3v) is 3.65. The minimum atomic E-state index is -3.30. The van der Waals surface area contributed by atoms with Gasteiger partial charge in [-0.3, -0.25) is 0 Å². The second-order valence-corrected chi connectivity index (χ2v) is 5.72. The molecule has 0 aliphatic rings. The molecule has 0 fully saturated rings. The van der Waals surface area contributed by atoms with Gasteiger partial charge in [0.25, 0.3) is 0 Å². The van der Waals surface area contributed by atoms with Gasteiger partial charge in [-0.15, -0.1) is 0 Å². The Bertz CT molecular complexity index is 290. The maximum absolute atomic E-state index is 11.7. The highest BCUT2D eigenvalue weighted by atomic mass is 32.2. The van der Waals surface area contributed by atoms with Crippen molar-refractivity contribution in [1.29, 1.82) is 0 Å². The van der Waals surface area contributed by atoms with Gasteiger partial charge in [0.1, 0.15) is 0 Å². The second-order valence-electron chi connectivity index (χ2n) is 3.11. The number of thiocarbonyl (C=S) groups is 1. The summed E-state index contributed by atoms with van der Waals surface area (Å²) in [4.78, 5) is 0.185. The van der Waals surface area contributed by atoms with Crippen LogP contribution in [0.1, 0.15) is 13.3 Å². The normalized spacial score (nSPS) is 11.9. The minimum absolute atomic E-state index is 0.0356. The molecule has 0 amide bonds. The number of hydrogen-bond acceptors (Lipinski definition) is 4. The van der Waals surface area contributed by atoms with Gasteiger partial charge in [-0.1, -0.05) is 19.1 Å². The van der Waals surface area contributed by atoms with E-state index in [9.17, 15) is 8.42 Å². The lowest BCUT2D eigenvalue weighted by molar-refractivity contribution is 0.215. The molecule has 0 atom stereocenters. The zero-order valence-electron chi connectivity index (χ0n) is 9.10. The molecule has 2 N–H and O–H groups in total. The molecule has 7 heteroatoms. The molecule has 0 rings (SSSR count). The van der Waals surface area contributed by atoms with Crippen molar-refractivity contribution in [2.24, 2.45) is 5.73 Å². The summed E-state index contributed by atoms with van der Waals surface area (Å²) in [6, 6.07) is 0. The van der Waals surface area contributed by atoms with E-state index in [2.05, 4.69) is 0 Å². The number of nitrogens with two attached hydrogens (primary N) is 1. The van der Waals surface area contributed by atoms with Gasteiger partial charge in [-0.2, -0.15) is 4.31 Å². The molecule has 0 aromatic heterocycles. The summed E-state index contributed by atoms with van der Waals surface area (Å²) < 4.78 is 29.5. The first-order chi connectivity index (χ1) is 6.94. The maximum Gasteiger partial charge on any atom is 0.216 e. The monoisotopic (exact) mass is 254 g/mol. The average Bonchev–Trinajstić information content (AvgIpc) is 2.13. The lowest BCUT2D eigenvalue weighted by atomic mass is 10.5. The predicted molar refractivity (Wildman–Crippen MR) is 64.3 cm³/mol. The van der Waals surface area contributed by atoms with Crippen molar-refractivity contribution in [3.8, 4) is 0 Å². The van der Waals surface area contributed by atoms with E-state index in [-0.39, 0.29) is 23.9 Å². The number of ether oxygens (including phenoxy) is 1. The van der Waals surface area contributed by atoms with E-state index in [0.717, 1.165) is 6.42 Å². The maximum atomic E-state index is 11.7. The van der Waals surface area contributed by atoms with Crippen molar-refractivity contribution in [3.05, 3.63) is 0 Å². The molecule has 0 aromatic carbocycles. The van der Waals surface area contributed by atoms with Crippen LogP contribution in [0.4, 0.5) is 0 Å². The standard InChI is InChI=1S/C8H18N2O3S2/c1-3-4-10(7-8(9)14)15(11,12)6-5-13-2/h3-7H2,1-2H3,(H2,9,14). The molecule has 0 heterocycles. The summed E-state index contributed by atoms with van der Waals surface area (Å²) in [5, 5.41) is 0. The van der Waals surface area contributed by atoms with Crippen LogP contribution in [0.15, 0.2) is 0 Å². The van der Waals surface area contributed by atoms with Gasteiger partial charge in [0.15, 0.2) is 0 Å². The lowest BCUT2D eigenvalue weighted by Gasteiger charge is -2.20. The van der Waals surface area contributed by atoms with Crippen LogP contribution in [0.5, 0.6) is 0 Å². The fourth-order valence-electron chi connectivity index (χ4n) is 1.06. The van der Waals surface area contributed by atoms with Crippen LogP contribution in [0.25, 0.3) is 0 Å². The average molecular weight is 254 g/mol. The zero-order valence-corrected chi connectivity index (χ0v) is 10.7. The van der Waals surface area contributed by atoms with Crippen molar-refractivity contribution < 1.29 is 13.2 Å². The fraction of sp³-hybridized carbons (Fsp3) is 0.875. The first kappa shape index (κ1) is 14.8. The van der Waals surface area contributed by atoms with Gasteiger partial charge in [0.05, 0.1) is 23.9 Å². The number of sulfonamides is 1. The highest BCUT2D eigenvalue weighted by molar-refractivity contribution is 7.89. The Labute approximate surface area is 96.6 Å². The van der Waals surface area contributed by atoms with Crippen LogP contribution in [0.3, 0.4) is 0 Å². The summed E-state index contributed by atoms with van der Waals surface area (Å²) in [6.45, 7) is 2.62. The fourth-order valence-corrected chi connectivity index (χ4v) is 2.73. The molecular weight excluding hydrogens is 236 g/mol. The van der Waals surface area contributed by atoms with Gasteiger partial charge in [0.2, 0.25) is 10.0 Å². The quantitative estimate of drug-likeness (QED) is 0.615. The Morgan fingerprint density at radius 2 is 2.13 bits per heavy atom. The van der Waals surface area contributed by atoms with Crippen molar-refractivity contribution in [3.63, 3.8) is 0 Å². The molecule has 0 aromatic rings. The van der Waals surface area contributed by atoms with Gasteiger partial charge >= 0.3 is 0 Å². The smallest absolute Gasteiger partial charge is 0.216 e. The van der Waals surface area contributed by atoms with E-state index >= 15 is 0 Å². The van der Waals surface area contributed by atoms with Gasteiger partial charge in [0, 0.05) is 13.7 Å². The van der Waals surface area contributed by atoms with Crippen LogP contribution in [-0.4, -0.2) is 50.3 Å². The van der Waals surface area contributed by atoms with Crippen molar-refractivity contribution in [2.45, 2.75) is 13.3 Å². The highest BCUT2D eigenvalue weighted by Crippen LogP contribution is 2.03. The Hall–Kier alpha value is -0.240. The largest absolute Gasteiger partial charge is 0.392 e. The molecular formula is C8H18N2O3S2. The number of methoxy groups -OCH3 is 1. The number of rotatable bonds is 8. The van der Waals surface area contributed by atoms with Crippen LogP contribution in [0.2, 0.25) is 0 Å². The summed E-state index contributed by atoms with van der Waals surface area (Å²) >= 11 is 4.71. The second kappa shape index (κ2) is 7.10. The molecule has 5 nitrogen and oxygen atoms in total. The number of nitrogens with zero attached hydrogens (tertiary/aromatic N) is 1. The molecule has 15 heavy (non-hydrogen) atoms. The molecule has 0 aliphatic heterocycles. The Balaban J connectivity index is 4.51. The summed E-state index contributed by atoms with van der Waals surface area (Å²) in [5.74, 6) is -0.0356. The lowest BCUT2D eigenvalue weighted by Crippen LogP contribution is -2.40. The third-order valence-electron chi connectivity index (χ3n) is 1.74. The molecule has 0 aliphatic carbocycles. The van der Waals surface area contributed by atoms with Crippen molar-refractivity contribution >= 4 is 27.2 Å². The van der Waals surface area contributed by atoms with Crippen LogP contribution in [-0.2, 0) is 14.8 Å². The molecule has 0 unspecified atom stereocenters. The molecule has 0 saturated carbocycles. The Kier molecular flexibility index (Phi) is 6.99. The minimum Gasteiger partial charge on any atom is -0.392 e. The summed E-state index contributed by atoms with van der Waals surface area (Å²) in [6.07, 6.45) is 0.731. The van der Waals surface area contributed by atoms with Gasteiger partial charge < -0.3 is 10.5 Å². The van der Waals surface area contributed by atoms with Gasteiger partial charge in [-0.05, 0) is 6.42 Å². The zero-order chi connectivity index (χ0) is 11.9. The van der Waals surface area contributed by atoms with E-state index in [1.807, 2.05) is 6.92 Å². The molecule has 0 spiro atoms. The summed E-state index contributed by atoms with van der Waals surface area (Å²) in [5.41, 5.74) is 5.34. The Morgan fingerprint density at radius 3 is 2.53 bits per heavy atom. The van der Waals surface area contributed by atoms with Crippen LogP contribution < -0.4 is 5.73 Å². The van der Waals surface area contributed by atoms with E-state index in [1.165, 1.54) is 11.4 Å². The van der Waals surface area contributed by atoms with E-state index in [1.54, 1.807) is 0 Å². The van der Waals surface area contributed by atoms with Crippen molar-refractivity contribution in [1.82, 2.24) is 4.31 Å². The predicted octanol–water partition coefficient (Wildman–Crippen LogP) is -0.0393. The first-order valence-corrected chi connectivity index (χ1v) is 6.70. The molecule has 0 radical (unpaired) electrons.